The number of hydrogen-bond acceptors (Lipinski definition) is 29. The molecule has 0 atom stereocenters. The molecule has 1 aliphatic rings. The van der Waals surface area contributed by atoms with Gasteiger partial charge in [0, 0.05) is 42.9 Å². The van der Waals surface area contributed by atoms with Gasteiger partial charge in [-0.15, -0.1) is 0 Å². The molecule has 1 aliphatic carbocycles. The molecule has 0 unspecified atom stereocenters. The Balaban J connectivity index is -0.00000164. The number of rotatable bonds is 71. The van der Waals surface area contributed by atoms with Crippen molar-refractivity contribution in [3.8, 4) is 46.0 Å². The van der Waals surface area contributed by atoms with E-state index in [2.05, 4.69) is 119 Å². The maximum atomic E-state index is 8.00. The maximum Gasteiger partial charge on any atom is 0.199 e. The fourth-order valence-corrected chi connectivity index (χ4v) is 12.6. The van der Waals surface area contributed by atoms with Crippen LogP contribution in [-0.2, 0) is 107 Å². The van der Waals surface area contributed by atoms with E-state index in [1.54, 1.807) is 0 Å². The van der Waals surface area contributed by atoms with Crippen LogP contribution >= 0.6 is 0 Å². The summed E-state index contributed by atoms with van der Waals surface area (Å²) >= 11 is 0. The van der Waals surface area contributed by atoms with Crippen LogP contribution in [0.2, 0.25) is 0 Å². The second kappa shape index (κ2) is 94.2. The van der Waals surface area contributed by atoms with Crippen LogP contribution in [0.25, 0.3) is 0 Å². The lowest BCUT2D eigenvalue weighted by Gasteiger charge is -2.30. The summed E-state index contributed by atoms with van der Waals surface area (Å²) in [6.07, 6.45) is 15.1. The zero-order valence-corrected chi connectivity index (χ0v) is 98.8. The van der Waals surface area contributed by atoms with Gasteiger partial charge in [0.1, 0.15) is 107 Å². The van der Waals surface area contributed by atoms with Gasteiger partial charge in [-0.1, -0.05) is 56.3 Å². The van der Waals surface area contributed by atoms with Crippen molar-refractivity contribution < 1.29 is 137 Å². The molecule has 147 heavy (non-hydrogen) atoms. The van der Waals surface area contributed by atoms with Gasteiger partial charge in [-0.05, 0) is 322 Å². The molecule has 0 amide bonds. The van der Waals surface area contributed by atoms with E-state index in [1.807, 2.05) is 234 Å². The lowest BCUT2D eigenvalue weighted by atomic mass is 9.78. The SMILES string of the molecule is C=O.CC(C)OC(C)OC(C)C.CC(C)OC1CCC(OC(C)C)CC1.CC(C)OCCCCOC(C)C.CC(C)OCCOCCOCCOC(C)C.CC(C)OCCOc1cc(OCCOC(C)C)cc(OCCOC(C)C)c1.CC(C)OCCOc1ccc(C(C)(C)c2ccc(COC(C)C)cc2)cc1.CC(C)OCCOc1cccc(OCCOC(C)C)c1.CC(C)OCCOc1cocc1OCCOC(C)C. The van der Waals surface area contributed by atoms with Crippen LogP contribution in [0, 0.1) is 0 Å². The van der Waals surface area contributed by atoms with Crippen LogP contribution in [-0.4, -0.2) is 288 Å². The van der Waals surface area contributed by atoms with Crippen molar-refractivity contribution >= 4 is 6.79 Å². The minimum Gasteiger partial charge on any atom is -0.491 e. The summed E-state index contributed by atoms with van der Waals surface area (Å²) in [5.41, 5.74) is 3.68. The summed E-state index contributed by atoms with van der Waals surface area (Å²) in [5, 5.41) is 0. The van der Waals surface area contributed by atoms with Crippen molar-refractivity contribution in [1.82, 2.24) is 0 Å². The van der Waals surface area contributed by atoms with Gasteiger partial charge in [0.05, 0.1) is 215 Å². The van der Waals surface area contributed by atoms with E-state index in [0.717, 1.165) is 69.0 Å². The van der Waals surface area contributed by atoms with E-state index in [9.17, 15) is 0 Å². The average Bonchev–Trinajstić information content (AvgIpc) is 0.979. The first-order valence-electron chi connectivity index (χ1n) is 54.3. The highest BCUT2D eigenvalue weighted by Crippen LogP contribution is 2.34. The predicted molar refractivity (Wildman–Crippen MR) is 592 cm³/mol. The minimum atomic E-state index is -0.0833. The molecule has 29 heteroatoms. The van der Waals surface area contributed by atoms with Gasteiger partial charge in [0.25, 0.3) is 0 Å². The third-order valence-electron chi connectivity index (χ3n) is 19.1. The molecule has 0 radical (unpaired) electrons. The highest BCUT2D eigenvalue weighted by atomic mass is 16.7. The Bertz CT molecular complexity index is 3430. The molecule has 858 valence electrons. The molecular weight excluding hydrogens is 1880 g/mol. The molecule has 5 aromatic rings. The molecule has 0 aliphatic heterocycles. The van der Waals surface area contributed by atoms with E-state index < -0.39 is 0 Å². The van der Waals surface area contributed by atoms with Gasteiger partial charge < -0.3 is 137 Å². The number of furan rings is 1. The van der Waals surface area contributed by atoms with Gasteiger partial charge >= 0.3 is 0 Å². The van der Waals surface area contributed by atoms with Crippen molar-refractivity contribution in [2.45, 2.75) is 429 Å². The van der Waals surface area contributed by atoms with Gasteiger partial charge in [-0.2, -0.15) is 0 Å². The van der Waals surface area contributed by atoms with E-state index >= 15 is 0 Å². The number of unbranched alkanes of at least 4 members (excludes halogenated alkanes) is 1. The standard InChI is InChI=1S/C24H34O3.C21H36O6.C16H26O4.C14H24O5.C12H26O4.C12H24O2.C10H22O2.C8H18O2.CH2O/c1-18(2)25-15-16-26-23-13-11-22(12-14-23)24(5,6)21-9-7-20(8-10-21)17-27-19(3)4;1-16(2)22-7-10-25-19-13-20(26-11-8-23-17(3)4)15-21(14-19)27-12-9-24-18(5)6;1-13(2)17-8-10-19-15-6-5-7-16(12-15)20-11-9-18-14(3)4;1-11(2)16-5-7-18-13-9-15-10-14(13)19-8-6-17-12(3)4;1-11(2)15-9-7-13-5-6-14-8-10-16-12(3)4;1-9(2)13-11-5-7-12(8-6-11)14-10(3)4;1-9(2)11-7-5-6-8-12-10(3)4;1-6(2)9-8(5)10-7(3)4;1-2/h7-14,18-19H,15-17H2,1-6H3;13-18H,7-12H2,1-6H3;5-7,12-14H,8-11H2,1-4H3;9-12H,5-8H2,1-4H3;11-12H,5-10H2,1-4H3;9-12H,5-8H2,1-4H3;9-10H,5-8H2,1-4H3;6-8H,1-5H3;1H2. The van der Waals surface area contributed by atoms with Crippen LogP contribution in [0.5, 0.6) is 46.0 Å². The summed E-state index contributed by atoms with van der Waals surface area (Å²) in [6, 6.07) is 30.3. The second-order valence-electron chi connectivity index (χ2n) is 39.9. The van der Waals surface area contributed by atoms with E-state index in [-0.39, 0.29) is 91.1 Å². The van der Waals surface area contributed by atoms with Crippen molar-refractivity contribution in [2.24, 2.45) is 0 Å². The lowest BCUT2D eigenvalue weighted by molar-refractivity contribution is -0.169. The Morgan fingerprint density at radius 3 is 0.748 bits per heavy atom. The van der Waals surface area contributed by atoms with Crippen LogP contribution in [0.3, 0.4) is 0 Å². The highest BCUT2D eigenvalue weighted by Gasteiger charge is 2.25. The second-order valence-corrected chi connectivity index (χ2v) is 39.9. The average molecular weight is 2090 g/mol. The zero-order chi connectivity index (χ0) is 111. The molecular formula is C118H212O29. The van der Waals surface area contributed by atoms with Crippen molar-refractivity contribution in [3.05, 3.63) is 120 Å². The monoisotopic (exact) mass is 2090 g/mol. The Morgan fingerprint density at radius 2 is 0.483 bits per heavy atom. The minimum absolute atomic E-state index is 0.0727. The Morgan fingerprint density at radius 1 is 0.252 bits per heavy atom. The quantitative estimate of drug-likeness (QED) is 0.0258. The normalized spacial score (nSPS) is 13.1. The molecule has 0 saturated heterocycles. The predicted octanol–water partition coefficient (Wildman–Crippen LogP) is 25.7. The third kappa shape index (κ3) is 95.1. The Labute approximate surface area is 893 Å². The van der Waals surface area contributed by atoms with E-state index in [4.69, 9.17) is 137 Å². The summed E-state index contributed by atoms with van der Waals surface area (Å²) in [6.45, 7) is 91.9. The van der Waals surface area contributed by atoms with Gasteiger partial charge in [0.2, 0.25) is 0 Å². The molecule has 0 bridgehead atoms. The molecule has 1 heterocycles. The number of benzene rings is 4. The van der Waals surface area contributed by atoms with Crippen LogP contribution in [0.1, 0.15) is 311 Å². The number of carbonyl (C=O) groups is 1. The Hall–Kier alpha value is -6.53. The van der Waals surface area contributed by atoms with Crippen molar-refractivity contribution in [1.29, 1.82) is 0 Å². The summed E-state index contributed by atoms with van der Waals surface area (Å²) in [5.74, 6) is 5.70. The first-order valence-corrected chi connectivity index (χ1v) is 54.3. The number of hydrogen-bond donors (Lipinski definition) is 0. The Kier molecular flexibility index (Phi) is 92.7. The van der Waals surface area contributed by atoms with E-state index in [0.29, 0.717) is 217 Å². The fourth-order valence-electron chi connectivity index (χ4n) is 12.6. The van der Waals surface area contributed by atoms with Crippen LogP contribution < -0.4 is 37.9 Å². The molecule has 0 spiro atoms. The first kappa shape index (κ1) is 145. The number of carbonyl (C=O) groups excluding carboxylic acids is 1. The van der Waals surface area contributed by atoms with Gasteiger partial charge in [0.15, 0.2) is 17.8 Å². The topological polar surface area (TPSA) is 279 Å². The molecule has 6 rings (SSSR count). The largest absolute Gasteiger partial charge is 0.491 e. The van der Waals surface area contributed by atoms with E-state index in [1.165, 1.54) is 29.2 Å². The fraction of sp³-hybridized carbons (Fsp3) is 0.754. The molecule has 1 saturated carbocycles. The summed E-state index contributed by atoms with van der Waals surface area (Å²) in [7, 11) is 0. The van der Waals surface area contributed by atoms with Crippen molar-refractivity contribution in [2.75, 3.05) is 159 Å². The maximum absolute atomic E-state index is 8.00. The molecule has 1 aromatic heterocycles. The molecule has 0 N–H and O–H groups in total. The molecule has 29 nitrogen and oxygen atoms in total. The summed E-state index contributed by atoms with van der Waals surface area (Å²) in [4.78, 5) is 8.00. The highest BCUT2D eigenvalue weighted by molar-refractivity contribution is 5.43. The smallest absolute Gasteiger partial charge is 0.199 e. The van der Waals surface area contributed by atoms with Crippen LogP contribution in [0.4, 0.5) is 0 Å². The molecule has 4 aromatic carbocycles. The number of ether oxygens (including phenoxy) is 27. The van der Waals surface area contributed by atoms with Gasteiger partial charge in [-0.25, -0.2) is 0 Å². The summed E-state index contributed by atoms with van der Waals surface area (Å²) < 4.78 is 154. The first-order chi connectivity index (χ1) is 69.7. The third-order valence-corrected chi connectivity index (χ3v) is 19.1. The van der Waals surface area contributed by atoms with Crippen molar-refractivity contribution in [3.63, 3.8) is 0 Å². The molecule has 1 fully saturated rings. The van der Waals surface area contributed by atoms with Crippen LogP contribution in [0.15, 0.2) is 108 Å². The van der Waals surface area contributed by atoms with Gasteiger partial charge in [-0.3, -0.25) is 0 Å². The zero-order valence-electron chi connectivity index (χ0n) is 98.8. The lowest BCUT2D eigenvalue weighted by Crippen LogP contribution is -2.29.